The molecule has 1 unspecified atom stereocenters. The Morgan fingerprint density at radius 2 is 1.77 bits per heavy atom. The van der Waals surface area contributed by atoms with Crippen molar-refractivity contribution in [2.24, 2.45) is 0 Å². The van der Waals surface area contributed by atoms with Crippen molar-refractivity contribution in [2.75, 3.05) is 5.32 Å². The van der Waals surface area contributed by atoms with Crippen molar-refractivity contribution in [2.45, 2.75) is 57.7 Å². The summed E-state index contributed by atoms with van der Waals surface area (Å²) in [6.45, 7) is 0.353. The number of aryl methyl sites for hydroxylation is 1. The zero-order valence-corrected chi connectivity index (χ0v) is 28.0. The molecule has 0 saturated carbocycles. The fraction of sp³-hybridized carbons (Fsp3) is 0.243. The number of ether oxygens (including phenoxy) is 1. The zero-order chi connectivity index (χ0) is 37.2. The lowest BCUT2D eigenvalue weighted by Gasteiger charge is -2.27. The largest absolute Gasteiger partial charge is 0.507 e. The number of nitrogens with zero attached hydrogens (tertiary/aromatic N) is 4. The number of imide groups is 2. The molecule has 2 aliphatic rings. The predicted octanol–water partition coefficient (Wildman–Crippen LogP) is 3.64. The highest BCUT2D eigenvalue weighted by atomic mass is 16.5. The Labute approximate surface area is 300 Å². The third-order valence-electron chi connectivity index (χ3n) is 8.96. The van der Waals surface area contributed by atoms with E-state index in [1.165, 1.54) is 18.2 Å². The van der Waals surface area contributed by atoms with Crippen LogP contribution in [0.25, 0.3) is 22.3 Å². The SMILES string of the molecule is O=C1CCC(N2C(=O)c3cccc(NC(=O)CCCCCn4cc(COc5c(O)cc(O)c6c(=O)cc(-c7ccccc7)oc56)nn4)c3C2=O)C(=O)N1. The molecule has 0 radical (unpaired) electrons. The lowest BCUT2D eigenvalue weighted by molar-refractivity contribution is -0.136. The highest BCUT2D eigenvalue weighted by Gasteiger charge is 2.45. The first-order valence-corrected chi connectivity index (χ1v) is 16.8. The van der Waals surface area contributed by atoms with Gasteiger partial charge in [0.25, 0.3) is 11.8 Å². The van der Waals surface area contributed by atoms with Crippen LogP contribution in [-0.2, 0) is 27.5 Å². The molecule has 4 heterocycles. The second-order valence-electron chi connectivity index (χ2n) is 12.6. The number of phenols is 2. The molecule has 0 bridgehead atoms. The molecule has 2 aliphatic heterocycles. The summed E-state index contributed by atoms with van der Waals surface area (Å²) in [4.78, 5) is 76.8. The van der Waals surface area contributed by atoms with Crippen LogP contribution < -0.4 is 20.8 Å². The van der Waals surface area contributed by atoms with Gasteiger partial charge in [-0.1, -0.05) is 48.0 Å². The summed E-state index contributed by atoms with van der Waals surface area (Å²) in [6.07, 6.45) is 3.66. The first kappa shape index (κ1) is 34.6. The maximum Gasteiger partial charge on any atom is 0.264 e. The van der Waals surface area contributed by atoms with Gasteiger partial charge in [-0.05, 0) is 31.4 Å². The molecule has 1 fully saturated rings. The van der Waals surface area contributed by atoms with Crippen molar-refractivity contribution in [1.82, 2.24) is 25.2 Å². The second kappa shape index (κ2) is 14.4. The number of fused-ring (bicyclic) bond motifs is 2. The number of piperidine rings is 1. The van der Waals surface area contributed by atoms with E-state index < -0.39 is 46.6 Å². The van der Waals surface area contributed by atoms with Crippen LogP contribution in [0.5, 0.6) is 17.2 Å². The van der Waals surface area contributed by atoms with Crippen LogP contribution in [0.3, 0.4) is 0 Å². The number of nitrogens with one attached hydrogen (secondary N) is 2. The van der Waals surface area contributed by atoms with Crippen molar-refractivity contribution < 1.29 is 43.3 Å². The number of carbonyl (C=O) groups is 5. The van der Waals surface area contributed by atoms with Crippen LogP contribution in [0, 0.1) is 0 Å². The number of unbranched alkanes of at least 4 members (excludes halogenated alkanes) is 2. The molecule has 53 heavy (non-hydrogen) atoms. The van der Waals surface area contributed by atoms with Gasteiger partial charge in [0.15, 0.2) is 16.8 Å². The van der Waals surface area contributed by atoms with Gasteiger partial charge in [0.05, 0.1) is 23.0 Å². The molecule has 7 rings (SSSR count). The Balaban J connectivity index is 0.912. The van der Waals surface area contributed by atoms with Crippen LogP contribution >= 0.6 is 0 Å². The molecule has 2 aromatic heterocycles. The summed E-state index contributed by atoms with van der Waals surface area (Å²) >= 11 is 0. The number of phenolic OH excluding ortho intramolecular Hbond substituents is 2. The van der Waals surface area contributed by atoms with E-state index in [-0.39, 0.29) is 71.1 Å². The molecule has 1 saturated heterocycles. The molecular weight excluding hydrogens is 688 g/mol. The molecular formula is C37H32N6O10. The number of aromatic nitrogens is 3. The van der Waals surface area contributed by atoms with Crippen LogP contribution in [-0.4, -0.2) is 65.7 Å². The van der Waals surface area contributed by atoms with Crippen molar-refractivity contribution in [3.05, 3.63) is 93.9 Å². The minimum atomic E-state index is -1.11. The van der Waals surface area contributed by atoms with Crippen molar-refractivity contribution in [3.63, 3.8) is 0 Å². The van der Waals surface area contributed by atoms with Gasteiger partial charge in [0, 0.05) is 37.1 Å². The average Bonchev–Trinajstić information content (AvgIpc) is 3.69. The number of carbonyl (C=O) groups excluding carboxylic acids is 5. The summed E-state index contributed by atoms with van der Waals surface area (Å²) < 4.78 is 13.4. The molecule has 4 N–H and O–H groups in total. The topological polar surface area (TPSA) is 223 Å². The minimum Gasteiger partial charge on any atom is -0.507 e. The maximum atomic E-state index is 13.3. The summed E-state index contributed by atoms with van der Waals surface area (Å²) in [5.41, 5.74) is 0.679. The fourth-order valence-corrected chi connectivity index (χ4v) is 6.39. The Kier molecular flexibility index (Phi) is 9.41. The van der Waals surface area contributed by atoms with Crippen LogP contribution in [0.4, 0.5) is 5.69 Å². The van der Waals surface area contributed by atoms with E-state index in [2.05, 4.69) is 20.9 Å². The second-order valence-corrected chi connectivity index (χ2v) is 12.6. The minimum absolute atomic E-state index is 0.00235. The normalized spacial score (nSPS) is 15.5. The lowest BCUT2D eigenvalue weighted by atomic mass is 10.0. The van der Waals surface area contributed by atoms with E-state index in [0.717, 1.165) is 11.0 Å². The maximum absolute atomic E-state index is 13.3. The molecule has 3 aromatic carbocycles. The van der Waals surface area contributed by atoms with Gasteiger partial charge in [0.2, 0.25) is 23.5 Å². The van der Waals surface area contributed by atoms with Crippen molar-refractivity contribution >= 4 is 46.2 Å². The summed E-state index contributed by atoms with van der Waals surface area (Å²) in [5.74, 6) is -3.67. The lowest BCUT2D eigenvalue weighted by Crippen LogP contribution is -2.54. The smallest absolute Gasteiger partial charge is 0.264 e. The first-order chi connectivity index (χ1) is 25.6. The van der Waals surface area contributed by atoms with Crippen LogP contribution in [0.1, 0.15) is 64.9 Å². The third kappa shape index (κ3) is 6.93. The van der Waals surface area contributed by atoms with E-state index >= 15 is 0 Å². The number of benzene rings is 3. The zero-order valence-electron chi connectivity index (χ0n) is 28.0. The molecule has 1 atom stereocenters. The first-order valence-electron chi connectivity index (χ1n) is 16.8. The van der Waals surface area contributed by atoms with Crippen molar-refractivity contribution in [3.8, 4) is 28.6 Å². The fourth-order valence-electron chi connectivity index (χ4n) is 6.39. The molecule has 5 aromatic rings. The Morgan fingerprint density at radius 1 is 0.962 bits per heavy atom. The molecule has 16 nitrogen and oxygen atoms in total. The van der Waals surface area contributed by atoms with E-state index in [1.54, 1.807) is 41.2 Å². The third-order valence-corrected chi connectivity index (χ3v) is 8.96. The van der Waals surface area contributed by atoms with Gasteiger partial charge in [-0.25, -0.2) is 0 Å². The molecule has 0 aliphatic carbocycles. The van der Waals surface area contributed by atoms with Gasteiger partial charge >= 0.3 is 0 Å². The number of hydrogen-bond acceptors (Lipinski definition) is 12. The molecule has 0 spiro atoms. The number of rotatable bonds is 12. The Hall–Kier alpha value is -6.84. The number of anilines is 1. The van der Waals surface area contributed by atoms with Crippen LogP contribution in [0.2, 0.25) is 0 Å². The number of hydrogen-bond donors (Lipinski definition) is 4. The van der Waals surface area contributed by atoms with Gasteiger partial charge in [-0.3, -0.25) is 43.7 Å². The number of aromatic hydroxyl groups is 2. The van der Waals surface area contributed by atoms with Gasteiger partial charge < -0.3 is 24.7 Å². The van der Waals surface area contributed by atoms with Crippen LogP contribution in [0.15, 0.2) is 76.1 Å². The summed E-state index contributed by atoms with van der Waals surface area (Å²) in [6, 6.07) is 14.6. The van der Waals surface area contributed by atoms with E-state index in [0.29, 0.717) is 37.1 Å². The van der Waals surface area contributed by atoms with E-state index in [4.69, 9.17) is 9.15 Å². The van der Waals surface area contributed by atoms with E-state index in [1.807, 2.05) is 6.07 Å². The highest BCUT2D eigenvalue weighted by molar-refractivity contribution is 6.26. The Bertz CT molecular complexity index is 2350. The summed E-state index contributed by atoms with van der Waals surface area (Å²) in [5, 5.41) is 33.9. The predicted molar refractivity (Wildman–Crippen MR) is 186 cm³/mol. The average molecular weight is 721 g/mol. The number of amides is 5. The van der Waals surface area contributed by atoms with Gasteiger partial charge in [-0.2, -0.15) is 0 Å². The standard InChI is InChI=1S/C37H32N6O10/c44-25-16-27(46)33(34-32(25)26(45)17-28(53-34)20-8-3-1-4-9-20)52-19-21-18-42(41-40-21)15-6-2-5-12-29(47)38-23-11-7-10-22-31(23)37(51)43(36(22)50)24-13-14-30(48)39-35(24)49/h1,3-4,7-11,16-18,24,44,46H,2,5-6,12-15,19H2,(H,38,47)(H,39,48,49). The summed E-state index contributed by atoms with van der Waals surface area (Å²) in [7, 11) is 0. The van der Waals surface area contributed by atoms with Gasteiger partial charge in [-0.15, -0.1) is 5.10 Å². The van der Waals surface area contributed by atoms with E-state index in [9.17, 15) is 39.0 Å². The molecule has 16 heteroatoms. The monoisotopic (exact) mass is 720 g/mol. The highest BCUT2D eigenvalue weighted by Crippen LogP contribution is 2.41. The Morgan fingerprint density at radius 3 is 2.57 bits per heavy atom. The van der Waals surface area contributed by atoms with Gasteiger partial charge in [0.1, 0.15) is 35.2 Å². The van der Waals surface area contributed by atoms with Crippen molar-refractivity contribution in [1.29, 1.82) is 0 Å². The molecule has 270 valence electrons. The molecule has 5 amide bonds. The quantitative estimate of drug-likeness (QED) is 0.107.